The fraction of sp³-hybridized carbons (Fsp3) is 0.421. The third-order valence-corrected chi connectivity index (χ3v) is 7.79. The standard InChI is InChI=1S/C14H15ClN2O2S.C5H6N2O2/c15-13-10-11(17-9-3-8-16-17)6-7-14(13)20(18,19)12-4-1-2-5-12;6-3-5(1-2-5)7-4(8)9/h3,6-10,12H,1-2,4-5H2;7H,1-2H2,(H,8,9). The van der Waals surface area contributed by atoms with Crippen LogP contribution in [0, 0.1) is 11.3 Å². The second-order valence-electron chi connectivity index (χ2n) is 7.14. The van der Waals surface area contributed by atoms with Crippen LogP contribution in [-0.4, -0.2) is 40.2 Å². The molecule has 1 aromatic heterocycles. The Morgan fingerprint density at radius 2 is 2.03 bits per heavy atom. The van der Waals surface area contributed by atoms with Gasteiger partial charge in [0.25, 0.3) is 0 Å². The molecule has 1 aromatic carbocycles. The Kier molecular flexibility index (Phi) is 6.15. The molecule has 1 heterocycles. The van der Waals surface area contributed by atoms with Crippen LogP contribution in [0.5, 0.6) is 0 Å². The van der Waals surface area contributed by atoms with Crippen LogP contribution in [0.15, 0.2) is 41.6 Å². The molecule has 2 aromatic rings. The van der Waals surface area contributed by atoms with E-state index in [0.717, 1.165) is 31.4 Å². The summed E-state index contributed by atoms with van der Waals surface area (Å²) in [7, 11) is -3.32. The van der Waals surface area contributed by atoms with Crippen molar-refractivity contribution in [1.29, 1.82) is 5.26 Å². The van der Waals surface area contributed by atoms with Gasteiger partial charge in [-0.1, -0.05) is 24.4 Å². The number of carbonyl (C=O) groups is 1. The number of nitrogens with zero attached hydrogens (tertiary/aromatic N) is 3. The van der Waals surface area contributed by atoms with Gasteiger partial charge in [-0.3, -0.25) is 0 Å². The summed E-state index contributed by atoms with van der Waals surface area (Å²) in [5.41, 5.74) is 0.0246. The predicted octanol–water partition coefficient (Wildman–Crippen LogP) is 3.55. The molecule has 0 atom stereocenters. The van der Waals surface area contributed by atoms with E-state index >= 15 is 0 Å². The van der Waals surface area contributed by atoms with Gasteiger partial charge in [-0.05, 0) is 49.9 Å². The minimum Gasteiger partial charge on any atom is -0.465 e. The molecule has 2 N–H and O–H groups in total. The number of amides is 1. The molecule has 0 aliphatic heterocycles. The van der Waals surface area contributed by atoms with Crippen molar-refractivity contribution >= 4 is 27.5 Å². The molecular weight excluding hydrogens is 416 g/mol. The first-order valence-corrected chi connectivity index (χ1v) is 11.2. The molecule has 2 fully saturated rings. The van der Waals surface area contributed by atoms with Crippen molar-refractivity contribution in [3.05, 3.63) is 41.7 Å². The summed E-state index contributed by atoms with van der Waals surface area (Å²) >= 11 is 6.19. The molecule has 29 heavy (non-hydrogen) atoms. The van der Waals surface area contributed by atoms with E-state index in [9.17, 15) is 13.2 Å². The van der Waals surface area contributed by atoms with Crippen molar-refractivity contribution in [2.45, 2.75) is 54.2 Å². The predicted molar refractivity (Wildman–Crippen MR) is 107 cm³/mol. The van der Waals surface area contributed by atoms with Gasteiger partial charge in [0, 0.05) is 12.4 Å². The minimum absolute atomic E-state index is 0.238. The zero-order valence-electron chi connectivity index (χ0n) is 15.6. The summed E-state index contributed by atoms with van der Waals surface area (Å²) in [4.78, 5) is 10.2. The molecule has 2 saturated carbocycles. The van der Waals surface area contributed by atoms with Gasteiger partial charge in [0.05, 0.1) is 26.9 Å². The van der Waals surface area contributed by atoms with Crippen molar-refractivity contribution in [3.8, 4) is 11.8 Å². The molecule has 1 amide bonds. The van der Waals surface area contributed by atoms with Crippen molar-refractivity contribution in [3.63, 3.8) is 0 Å². The fourth-order valence-corrected chi connectivity index (χ4v) is 5.66. The van der Waals surface area contributed by atoms with Crippen LogP contribution < -0.4 is 5.32 Å². The Labute approximate surface area is 174 Å². The molecule has 2 aliphatic rings. The number of carboxylic acid groups (broad SMARTS) is 1. The van der Waals surface area contributed by atoms with Crippen molar-refractivity contribution in [2.75, 3.05) is 0 Å². The lowest BCUT2D eigenvalue weighted by atomic mass is 10.3. The third kappa shape index (κ3) is 4.89. The maximum atomic E-state index is 12.5. The van der Waals surface area contributed by atoms with E-state index in [4.69, 9.17) is 22.0 Å². The zero-order valence-corrected chi connectivity index (χ0v) is 17.2. The summed E-state index contributed by atoms with van der Waals surface area (Å²) in [6, 6.07) is 8.67. The summed E-state index contributed by atoms with van der Waals surface area (Å²) < 4.78 is 26.7. The number of halogens is 1. The molecule has 0 saturated heterocycles. The second-order valence-corrected chi connectivity index (χ2v) is 9.74. The molecule has 0 bridgehead atoms. The van der Waals surface area contributed by atoms with Crippen LogP contribution in [0.25, 0.3) is 5.69 Å². The monoisotopic (exact) mass is 436 g/mol. The van der Waals surface area contributed by atoms with E-state index in [1.54, 1.807) is 41.3 Å². The van der Waals surface area contributed by atoms with E-state index < -0.39 is 21.5 Å². The second kappa shape index (κ2) is 8.43. The van der Waals surface area contributed by atoms with Crippen LogP contribution in [0.4, 0.5) is 4.79 Å². The quantitative estimate of drug-likeness (QED) is 0.754. The average Bonchev–Trinajstić information content (AvgIpc) is 3.12. The highest BCUT2D eigenvalue weighted by atomic mass is 35.5. The maximum absolute atomic E-state index is 12.5. The highest BCUT2D eigenvalue weighted by Gasteiger charge is 2.44. The van der Waals surface area contributed by atoms with E-state index in [1.807, 2.05) is 6.07 Å². The van der Waals surface area contributed by atoms with Gasteiger partial charge < -0.3 is 10.4 Å². The highest BCUT2D eigenvalue weighted by Crippen LogP contribution is 2.34. The van der Waals surface area contributed by atoms with Crippen LogP contribution >= 0.6 is 11.6 Å². The lowest BCUT2D eigenvalue weighted by Gasteiger charge is -2.13. The van der Waals surface area contributed by atoms with E-state index in [1.165, 1.54) is 0 Å². The smallest absolute Gasteiger partial charge is 0.405 e. The van der Waals surface area contributed by atoms with Gasteiger partial charge in [-0.15, -0.1) is 0 Å². The number of aromatic nitrogens is 2. The molecule has 10 heteroatoms. The Morgan fingerprint density at radius 3 is 2.48 bits per heavy atom. The van der Waals surface area contributed by atoms with Crippen molar-refractivity contribution in [2.24, 2.45) is 0 Å². The molecule has 0 radical (unpaired) electrons. The van der Waals surface area contributed by atoms with E-state index in [-0.39, 0.29) is 15.2 Å². The van der Waals surface area contributed by atoms with Crippen LogP contribution in [0.1, 0.15) is 38.5 Å². The first-order chi connectivity index (χ1) is 13.8. The number of nitriles is 1. The average molecular weight is 437 g/mol. The van der Waals surface area contributed by atoms with Gasteiger partial charge in [-0.2, -0.15) is 10.4 Å². The SMILES string of the molecule is N#CC1(NC(=O)O)CC1.O=S(=O)(c1ccc(-n2cccn2)cc1Cl)C1CCCC1. The lowest BCUT2D eigenvalue weighted by molar-refractivity contribution is 0.191. The van der Waals surface area contributed by atoms with E-state index in [0.29, 0.717) is 12.8 Å². The maximum Gasteiger partial charge on any atom is 0.405 e. The Hall–Kier alpha value is -2.57. The van der Waals surface area contributed by atoms with Crippen molar-refractivity contribution < 1.29 is 18.3 Å². The highest BCUT2D eigenvalue weighted by molar-refractivity contribution is 7.92. The minimum atomic E-state index is -3.32. The first kappa shape index (κ1) is 21.1. The molecule has 8 nitrogen and oxygen atoms in total. The molecule has 2 aliphatic carbocycles. The molecular formula is C19H21ClN4O4S. The third-order valence-electron chi connectivity index (χ3n) is 5.04. The van der Waals surface area contributed by atoms with Crippen LogP contribution in [0.2, 0.25) is 5.02 Å². The fourth-order valence-electron chi connectivity index (χ4n) is 3.26. The van der Waals surface area contributed by atoms with Gasteiger partial charge in [0.1, 0.15) is 5.54 Å². The molecule has 154 valence electrons. The summed E-state index contributed by atoms with van der Waals surface area (Å²) in [6.07, 6.45) is 7.06. The lowest BCUT2D eigenvalue weighted by Crippen LogP contribution is -2.33. The first-order valence-electron chi connectivity index (χ1n) is 9.23. The van der Waals surface area contributed by atoms with E-state index in [2.05, 4.69) is 10.4 Å². The Bertz CT molecular complexity index is 1020. The Morgan fingerprint density at radius 1 is 1.34 bits per heavy atom. The molecule has 0 unspecified atom stereocenters. The topological polar surface area (TPSA) is 125 Å². The van der Waals surface area contributed by atoms with Crippen LogP contribution in [-0.2, 0) is 9.84 Å². The number of rotatable bonds is 4. The molecule has 0 spiro atoms. The van der Waals surface area contributed by atoms with Gasteiger partial charge in [-0.25, -0.2) is 17.9 Å². The number of hydrogen-bond donors (Lipinski definition) is 2. The normalized spacial score (nSPS) is 17.7. The largest absolute Gasteiger partial charge is 0.465 e. The van der Waals surface area contributed by atoms with Crippen molar-refractivity contribution in [1.82, 2.24) is 15.1 Å². The zero-order chi connectivity index (χ0) is 21.1. The number of benzene rings is 1. The number of nitrogens with one attached hydrogen (secondary N) is 1. The summed E-state index contributed by atoms with van der Waals surface area (Å²) in [6.45, 7) is 0. The van der Waals surface area contributed by atoms with Gasteiger partial charge in [0.15, 0.2) is 9.84 Å². The number of sulfone groups is 1. The summed E-state index contributed by atoms with van der Waals surface area (Å²) in [5.74, 6) is 0. The van der Waals surface area contributed by atoms with Gasteiger partial charge >= 0.3 is 6.09 Å². The van der Waals surface area contributed by atoms with Crippen LogP contribution in [0.3, 0.4) is 0 Å². The Balaban J connectivity index is 0.000000224. The van der Waals surface area contributed by atoms with Gasteiger partial charge in [0.2, 0.25) is 0 Å². The molecule has 4 rings (SSSR count). The number of hydrogen-bond acceptors (Lipinski definition) is 5. The summed E-state index contributed by atoms with van der Waals surface area (Å²) in [5, 5.41) is 22.7.